The smallest absolute Gasteiger partial charge is 0.328 e. The van der Waals surface area contributed by atoms with Crippen molar-refractivity contribution in [2.75, 3.05) is 6.61 Å². The molecule has 1 rings (SSSR count). The number of rotatable bonds is 5. The first-order valence-corrected chi connectivity index (χ1v) is 4.92. The highest BCUT2D eigenvalue weighted by molar-refractivity contribution is 5.96. The number of aliphatic hydroxyl groups excluding tert-OH is 2. The fourth-order valence-corrected chi connectivity index (χ4v) is 1.19. The quantitative estimate of drug-likeness (QED) is 0.546. The third kappa shape index (κ3) is 3.54. The SMILES string of the molecule is O=C(N[C@@H](CO)C(=O)O)c1ccc(CO)cc1. The number of aliphatic hydroxyl groups is 2. The Kier molecular flexibility index (Phi) is 4.62. The molecule has 1 aromatic carbocycles. The van der Waals surface area contributed by atoms with Gasteiger partial charge in [-0.3, -0.25) is 4.79 Å². The standard InChI is InChI=1S/C11H13NO5/c13-5-7-1-3-8(4-2-7)10(15)12-9(6-14)11(16)17/h1-4,9,13-14H,5-6H2,(H,12,15)(H,16,17)/t9-/m0/s1. The van der Waals surface area contributed by atoms with E-state index in [2.05, 4.69) is 5.32 Å². The van der Waals surface area contributed by atoms with Gasteiger partial charge in [-0.2, -0.15) is 0 Å². The van der Waals surface area contributed by atoms with E-state index >= 15 is 0 Å². The van der Waals surface area contributed by atoms with E-state index in [4.69, 9.17) is 15.3 Å². The lowest BCUT2D eigenvalue weighted by Gasteiger charge is -2.11. The molecule has 0 aliphatic rings. The van der Waals surface area contributed by atoms with E-state index in [1.807, 2.05) is 0 Å². The Morgan fingerprint density at radius 2 is 1.76 bits per heavy atom. The molecule has 6 nitrogen and oxygen atoms in total. The Morgan fingerprint density at radius 1 is 1.18 bits per heavy atom. The maximum atomic E-state index is 11.6. The monoisotopic (exact) mass is 239 g/mol. The lowest BCUT2D eigenvalue weighted by molar-refractivity contribution is -0.140. The van der Waals surface area contributed by atoms with Gasteiger partial charge in [-0.1, -0.05) is 12.1 Å². The van der Waals surface area contributed by atoms with Crippen LogP contribution in [0.3, 0.4) is 0 Å². The fourth-order valence-electron chi connectivity index (χ4n) is 1.19. The molecule has 0 fully saturated rings. The van der Waals surface area contributed by atoms with Crippen molar-refractivity contribution in [3.8, 4) is 0 Å². The van der Waals surface area contributed by atoms with E-state index in [0.29, 0.717) is 5.56 Å². The Morgan fingerprint density at radius 3 is 2.18 bits per heavy atom. The van der Waals surface area contributed by atoms with Crippen LogP contribution in [0, 0.1) is 0 Å². The van der Waals surface area contributed by atoms with Crippen molar-refractivity contribution in [3.63, 3.8) is 0 Å². The molecule has 0 aliphatic heterocycles. The van der Waals surface area contributed by atoms with Crippen LogP contribution in [0.15, 0.2) is 24.3 Å². The second kappa shape index (κ2) is 5.97. The van der Waals surface area contributed by atoms with Crippen molar-refractivity contribution in [2.45, 2.75) is 12.6 Å². The van der Waals surface area contributed by atoms with E-state index < -0.39 is 24.5 Å². The summed E-state index contributed by atoms with van der Waals surface area (Å²) < 4.78 is 0. The largest absolute Gasteiger partial charge is 0.480 e. The molecule has 1 aromatic rings. The van der Waals surface area contributed by atoms with Crippen molar-refractivity contribution in [1.82, 2.24) is 5.32 Å². The number of carboxylic acid groups (broad SMARTS) is 1. The molecule has 0 aliphatic carbocycles. The number of carbonyl (C=O) groups excluding carboxylic acids is 1. The molecule has 1 amide bonds. The predicted molar refractivity (Wildman–Crippen MR) is 58.3 cm³/mol. The van der Waals surface area contributed by atoms with Gasteiger partial charge in [-0.05, 0) is 17.7 Å². The Hall–Kier alpha value is -1.92. The highest BCUT2D eigenvalue weighted by atomic mass is 16.4. The number of nitrogens with one attached hydrogen (secondary N) is 1. The summed E-state index contributed by atoms with van der Waals surface area (Å²) in [6.45, 7) is -0.800. The van der Waals surface area contributed by atoms with Crippen molar-refractivity contribution in [2.24, 2.45) is 0 Å². The Balaban J connectivity index is 2.72. The molecule has 0 radical (unpaired) electrons. The van der Waals surface area contributed by atoms with Crippen LogP contribution >= 0.6 is 0 Å². The Labute approximate surface area is 97.5 Å². The zero-order valence-electron chi connectivity index (χ0n) is 8.96. The normalized spacial score (nSPS) is 11.9. The van der Waals surface area contributed by atoms with Gasteiger partial charge in [0, 0.05) is 5.56 Å². The summed E-state index contributed by atoms with van der Waals surface area (Å²) >= 11 is 0. The fraction of sp³-hybridized carbons (Fsp3) is 0.273. The molecule has 0 heterocycles. The first-order valence-electron chi connectivity index (χ1n) is 4.92. The number of carbonyl (C=O) groups is 2. The molecule has 1 atom stereocenters. The van der Waals surface area contributed by atoms with Gasteiger partial charge in [-0.15, -0.1) is 0 Å². The number of hydrogen-bond acceptors (Lipinski definition) is 4. The second-order valence-electron chi connectivity index (χ2n) is 3.40. The average Bonchev–Trinajstić information content (AvgIpc) is 2.35. The average molecular weight is 239 g/mol. The van der Waals surface area contributed by atoms with Gasteiger partial charge in [0.15, 0.2) is 6.04 Å². The molecule has 6 heteroatoms. The summed E-state index contributed by atoms with van der Waals surface area (Å²) in [5, 5.41) is 28.4. The van der Waals surface area contributed by atoms with Crippen LogP contribution in [-0.2, 0) is 11.4 Å². The van der Waals surface area contributed by atoms with E-state index in [0.717, 1.165) is 0 Å². The van der Waals surface area contributed by atoms with Gasteiger partial charge in [0.05, 0.1) is 13.2 Å². The highest BCUT2D eigenvalue weighted by Gasteiger charge is 2.19. The van der Waals surface area contributed by atoms with E-state index in [-0.39, 0.29) is 12.2 Å². The molecular weight excluding hydrogens is 226 g/mol. The molecular formula is C11H13NO5. The molecule has 92 valence electrons. The summed E-state index contributed by atoms with van der Waals surface area (Å²) in [4.78, 5) is 22.2. The molecule has 0 spiro atoms. The minimum Gasteiger partial charge on any atom is -0.480 e. The zero-order valence-corrected chi connectivity index (χ0v) is 8.96. The van der Waals surface area contributed by atoms with Crippen LogP contribution in [0.2, 0.25) is 0 Å². The zero-order chi connectivity index (χ0) is 12.8. The number of benzene rings is 1. The van der Waals surface area contributed by atoms with Crippen molar-refractivity contribution < 1.29 is 24.9 Å². The first-order chi connectivity index (χ1) is 8.08. The Bertz CT molecular complexity index is 401. The van der Waals surface area contributed by atoms with Crippen LogP contribution in [0.1, 0.15) is 15.9 Å². The van der Waals surface area contributed by atoms with Crippen LogP contribution in [0.4, 0.5) is 0 Å². The number of carboxylic acids is 1. The summed E-state index contributed by atoms with van der Waals surface area (Å²) in [5.74, 6) is -1.89. The van der Waals surface area contributed by atoms with Gasteiger partial charge < -0.3 is 20.6 Å². The number of amides is 1. The molecule has 0 aromatic heterocycles. The maximum Gasteiger partial charge on any atom is 0.328 e. The van der Waals surface area contributed by atoms with Crippen LogP contribution in [0.5, 0.6) is 0 Å². The molecule has 0 saturated heterocycles. The van der Waals surface area contributed by atoms with Gasteiger partial charge in [0.2, 0.25) is 0 Å². The van der Waals surface area contributed by atoms with E-state index in [9.17, 15) is 9.59 Å². The first kappa shape index (κ1) is 13.1. The molecule has 0 saturated carbocycles. The van der Waals surface area contributed by atoms with E-state index in [1.54, 1.807) is 12.1 Å². The van der Waals surface area contributed by atoms with Crippen LogP contribution in [-0.4, -0.2) is 39.8 Å². The number of aliphatic carboxylic acids is 1. The summed E-state index contributed by atoms with van der Waals surface area (Å²) in [6, 6.07) is 4.74. The topological polar surface area (TPSA) is 107 Å². The molecule has 4 N–H and O–H groups in total. The van der Waals surface area contributed by atoms with Crippen molar-refractivity contribution in [1.29, 1.82) is 0 Å². The van der Waals surface area contributed by atoms with Crippen molar-refractivity contribution in [3.05, 3.63) is 35.4 Å². The summed E-state index contributed by atoms with van der Waals surface area (Å²) in [5.41, 5.74) is 0.917. The molecule has 17 heavy (non-hydrogen) atoms. The maximum absolute atomic E-state index is 11.6. The lowest BCUT2D eigenvalue weighted by Crippen LogP contribution is -2.43. The van der Waals surface area contributed by atoms with Crippen molar-refractivity contribution >= 4 is 11.9 Å². The minimum absolute atomic E-state index is 0.129. The van der Waals surface area contributed by atoms with Crippen LogP contribution < -0.4 is 5.32 Å². The third-order valence-electron chi connectivity index (χ3n) is 2.18. The number of hydrogen-bond donors (Lipinski definition) is 4. The second-order valence-corrected chi connectivity index (χ2v) is 3.40. The molecule has 0 bridgehead atoms. The lowest BCUT2D eigenvalue weighted by atomic mass is 10.1. The highest BCUT2D eigenvalue weighted by Crippen LogP contribution is 2.04. The minimum atomic E-state index is -1.32. The van der Waals surface area contributed by atoms with Gasteiger partial charge in [0.25, 0.3) is 5.91 Å². The molecule has 0 unspecified atom stereocenters. The van der Waals surface area contributed by atoms with Gasteiger partial charge >= 0.3 is 5.97 Å². The summed E-state index contributed by atoms with van der Waals surface area (Å²) in [6.07, 6.45) is 0. The summed E-state index contributed by atoms with van der Waals surface area (Å²) in [7, 11) is 0. The van der Waals surface area contributed by atoms with Gasteiger partial charge in [0.1, 0.15) is 0 Å². The van der Waals surface area contributed by atoms with Crippen LogP contribution in [0.25, 0.3) is 0 Å². The van der Waals surface area contributed by atoms with E-state index in [1.165, 1.54) is 12.1 Å². The third-order valence-corrected chi connectivity index (χ3v) is 2.18. The predicted octanol–water partition coefficient (Wildman–Crippen LogP) is -0.646. The van der Waals surface area contributed by atoms with Gasteiger partial charge in [-0.25, -0.2) is 4.79 Å².